The summed E-state index contributed by atoms with van der Waals surface area (Å²) in [4.78, 5) is 7.08. The monoisotopic (exact) mass is 277 g/mol. The van der Waals surface area contributed by atoms with Gasteiger partial charge in [0.15, 0.2) is 0 Å². The normalized spacial score (nSPS) is 23.9. The van der Waals surface area contributed by atoms with E-state index in [2.05, 4.69) is 23.7 Å². The molecule has 20 heavy (non-hydrogen) atoms. The molecule has 2 unspecified atom stereocenters. The first-order chi connectivity index (χ1) is 9.56. The number of nitrogens with zero attached hydrogens (tertiary/aromatic N) is 2. The summed E-state index contributed by atoms with van der Waals surface area (Å²) in [5.74, 6) is 1.74. The van der Waals surface area contributed by atoms with Gasteiger partial charge >= 0.3 is 0 Å². The van der Waals surface area contributed by atoms with Crippen molar-refractivity contribution in [3.05, 3.63) is 23.0 Å². The fraction of sp³-hybridized carbons (Fsp3) is 0.688. The van der Waals surface area contributed by atoms with Crippen LogP contribution in [-0.2, 0) is 6.54 Å². The van der Waals surface area contributed by atoms with Gasteiger partial charge in [0, 0.05) is 36.5 Å². The van der Waals surface area contributed by atoms with Crippen molar-refractivity contribution in [1.82, 2.24) is 9.88 Å². The lowest BCUT2D eigenvalue weighted by Gasteiger charge is -2.38. The van der Waals surface area contributed by atoms with Crippen molar-refractivity contribution in [2.45, 2.75) is 46.2 Å². The van der Waals surface area contributed by atoms with Crippen LogP contribution in [0, 0.1) is 19.8 Å². The molecule has 0 amide bonds. The number of methoxy groups -OCH3 is 1. The maximum absolute atomic E-state index is 5.94. The Morgan fingerprint density at radius 3 is 2.85 bits per heavy atom. The van der Waals surface area contributed by atoms with Gasteiger partial charge in [0.25, 0.3) is 0 Å². The Kier molecular flexibility index (Phi) is 5.00. The van der Waals surface area contributed by atoms with Gasteiger partial charge in [0.2, 0.25) is 0 Å². The first-order valence-electron chi connectivity index (χ1n) is 7.50. The van der Waals surface area contributed by atoms with E-state index in [0.717, 1.165) is 48.1 Å². The lowest BCUT2D eigenvalue weighted by Crippen LogP contribution is -2.45. The van der Waals surface area contributed by atoms with Gasteiger partial charge < -0.3 is 10.5 Å². The first-order valence-corrected chi connectivity index (χ1v) is 7.50. The molecule has 0 radical (unpaired) electrons. The molecule has 0 spiro atoms. The van der Waals surface area contributed by atoms with Crippen LogP contribution in [0.25, 0.3) is 0 Å². The van der Waals surface area contributed by atoms with Crippen LogP contribution in [-0.4, -0.2) is 36.1 Å². The Morgan fingerprint density at radius 1 is 1.45 bits per heavy atom. The molecule has 1 fully saturated rings. The highest BCUT2D eigenvalue weighted by atomic mass is 16.5. The molecule has 2 heterocycles. The highest BCUT2D eigenvalue weighted by Gasteiger charge is 2.26. The standard InChI is InChI=1S/C16H27N3O/c1-11-5-6-19(14(7-11)8-17)10-15-13(3)16(20-4)12(2)9-18-15/h9,11,14H,5-8,10,17H2,1-4H3. The molecule has 4 nitrogen and oxygen atoms in total. The van der Waals surface area contributed by atoms with Crippen molar-refractivity contribution in [3.8, 4) is 5.75 Å². The molecule has 2 atom stereocenters. The van der Waals surface area contributed by atoms with E-state index in [9.17, 15) is 0 Å². The maximum Gasteiger partial charge on any atom is 0.128 e. The van der Waals surface area contributed by atoms with Crippen molar-refractivity contribution in [3.63, 3.8) is 0 Å². The van der Waals surface area contributed by atoms with E-state index in [1.165, 1.54) is 12.8 Å². The Morgan fingerprint density at radius 2 is 2.20 bits per heavy atom. The summed E-state index contributed by atoms with van der Waals surface area (Å²) in [5, 5.41) is 0. The first kappa shape index (κ1) is 15.3. The molecule has 0 aromatic carbocycles. The quantitative estimate of drug-likeness (QED) is 0.917. The Labute approximate surface area is 122 Å². The lowest BCUT2D eigenvalue weighted by molar-refractivity contribution is 0.113. The van der Waals surface area contributed by atoms with Crippen LogP contribution in [0.1, 0.15) is 36.6 Å². The minimum absolute atomic E-state index is 0.479. The van der Waals surface area contributed by atoms with E-state index in [1.807, 2.05) is 13.1 Å². The number of pyridine rings is 1. The summed E-state index contributed by atoms with van der Waals surface area (Å²) in [6.45, 7) is 9.16. The third-order valence-corrected chi connectivity index (χ3v) is 4.47. The minimum Gasteiger partial charge on any atom is -0.496 e. The number of rotatable bonds is 4. The van der Waals surface area contributed by atoms with Gasteiger partial charge in [0.1, 0.15) is 5.75 Å². The van der Waals surface area contributed by atoms with Gasteiger partial charge in [-0.15, -0.1) is 0 Å². The molecule has 1 aliphatic heterocycles. The van der Waals surface area contributed by atoms with Gasteiger partial charge in [-0.3, -0.25) is 9.88 Å². The average molecular weight is 277 g/mol. The van der Waals surface area contributed by atoms with Crippen molar-refractivity contribution in [2.75, 3.05) is 20.2 Å². The van der Waals surface area contributed by atoms with E-state index in [0.29, 0.717) is 6.04 Å². The Hall–Kier alpha value is -1.13. The van der Waals surface area contributed by atoms with E-state index in [1.54, 1.807) is 7.11 Å². The van der Waals surface area contributed by atoms with Crippen LogP contribution in [0.5, 0.6) is 5.75 Å². The molecule has 1 saturated heterocycles. The zero-order valence-corrected chi connectivity index (χ0v) is 13.1. The van der Waals surface area contributed by atoms with Crippen LogP contribution in [0.2, 0.25) is 0 Å². The van der Waals surface area contributed by atoms with E-state index >= 15 is 0 Å². The second-order valence-electron chi connectivity index (χ2n) is 6.04. The topological polar surface area (TPSA) is 51.4 Å². The smallest absolute Gasteiger partial charge is 0.128 e. The highest BCUT2D eigenvalue weighted by Crippen LogP contribution is 2.28. The molecule has 1 aliphatic rings. The molecular formula is C16H27N3O. The van der Waals surface area contributed by atoms with Gasteiger partial charge in [-0.05, 0) is 39.2 Å². The van der Waals surface area contributed by atoms with Crippen molar-refractivity contribution in [1.29, 1.82) is 0 Å². The second-order valence-corrected chi connectivity index (χ2v) is 6.04. The van der Waals surface area contributed by atoms with E-state index < -0.39 is 0 Å². The zero-order chi connectivity index (χ0) is 14.7. The number of hydrogen-bond acceptors (Lipinski definition) is 4. The van der Waals surface area contributed by atoms with Crippen LogP contribution < -0.4 is 10.5 Å². The molecule has 1 aromatic heterocycles. The van der Waals surface area contributed by atoms with Crippen molar-refractivity contribution >= 4 is 0 Å². The van der Waals surface area contributed by atoms with Crippen LogP contribution in [0.15, 0.2) is 6.20 Å². The fourth-order valence-electron chi connectivity index (χ4n) is 3.18. The SMILES string of the molecule is COc1c(C)cnc(CN2CCC(C)CC2CN)c1C. The number of ether oxygens (including phenoxy) is 1. The van der Waals surface area contributed by atoms with Gasteiger partial charge in [0.05, 0.1) is 12.8 Å². The van der Waals surface area contributed by atoms with Gasteiger partial charge in [-0.25, -0.2) is 0 Å². The van der Waals surface area contributed by atoms with Crippen LogP contribution in [0.4, 0.5) is 0 Å². The Bertz CT molecular complexity index is 461. The predicted molar refractivity (Wildman–Crippen MR) is 81.9 cm³/mol. The molecule has 2 rings (SSSR count). The minimum atomic E-state index is 0.479. The summed E-state index contributed by atoms with van der Waals surface area (Å²) in [6.07, 6.45) is 4.35. The third kappa shape index (κ3) is 3.13. The number of aromatic nitrogens is 1. The number of piperidine rings is 1. The molecular weight excluding hydrogens is 250 g/mol. The third-order valence-electron chi connectivity index (χ3n) is 4.47. The van der Waals surface area contributed by atoms with Crippen LogP contribution in [0.3, 0.4) is 0 Å². The van der Waals surface area contributed by atoms with E-state index in [-0.39, 0.29) is 0 Å². The van der Waals surface area contributed by atoms with Crippen LogP contribution >= 0.6 is 0 Å². The second kappa shape index (κ2) is 6.55. The number of aryl methyl sites for hydroxylation is 1. The summed E-state index contributed by atoms with van der Waals surface area (Å²) < 4.78 is 5.49. The predicted octanol–water partition coefficient (Wildman–Crippen LogP) is 2.27. The number of nitrogens with two attached hydrogens (primary N) is 1. The van der Waals surface area contributed by atoms with Gasteiger partial charge in [-0.2, -0.15) is 0 Å². The fourth-order valence-corrected chi connectivity index (χ4v) is 3.18. The molecule has 1 aromatic rings. The molecule has 0 bridgehead atoms. The highest BCUT2D eigenvalue weighted by molar-refractivity contribution is 5.41. The largest absolute Gasteiger partial charge is 0.496 e. The summed E-state index contributed by atoms with van der Waals surface area (Å²) in [6, 6.07) is 0.479. The molecule has 112 valence electrons. The Balaban J connectivity index is 2.17. The summed E-state index contributed by atoms with van der Waals surface area (Å²) in [5.41, 5.74) is 9.30. The maximum atomic E-state index is 5.94. The number of likely N-dealkylation sites (tertiary alicyclic amines) is 1. The van der Waals surface area contributed by atoms with E-state index in [4.69, 9.17) is 10.5 Å². The van der Waals surface area contributed by atoms with Crippen molar-refractivity contribution < 1.29 is 4.74 Å². The molecule has 4 heteroatoms. The van der Waals surface area contributed by atoms with Gasteiger partial charge in [-0.1, -0.05) is 6.92 Å². The lowest BCUT2D eigenvalue weighted by atomic mass is 9.92. The summed E-state index contributed by atoms with van der Waals surface area (Å²) >= 11 is 0. The molecule has 2 N–H and O–H groups in total. The number of hydrogen-bond donors (Lipinski definition) is 1. The zero-order valence-electron chi connectivity index (χ0n) is 13.1. The van der Waals surface area contributed by atoms with Crippen molar-refractivity contribution in [2.24, 2.45) is 11.7 Å². The molecule has 0 aliphatic carbocycles. The summed E-state index contributed by atoms with van der Waals surface area (Å²) in [7, 11) is 1.73. The molecule has 0 saturated carbocycles. The average Bonchev–Trinajstić information content (AvgIpc) is 2.44.